The highest BCUT2D eigenvalue weighted by atomic mass is 16.8. The van der Waals surface area contributed by atoms with E-state index in [0.29, 0.717) is 24.8 Å². The molecule has 0 aliphatic heterocycles. The fourth-order valence-corrected chi connectivity index (χ4v) is 3.41. The second-order valence-corrected chi connectivity index (χ2v) is 12.0. The van der Waals surface area contributed by atoms with Gasteiger partial charge in [0.1, 0.15) is 17.2 Å². The number of esters is 1. The molecule has 11 nitrogen and oxygen atoms in total. The molecule has 1 aromatic carbocycles. The van der Waals surface area contributed by atoms with Crippen LogP contribution in [0.3, 0.4) is 0 Å². The summed E-state index contributed by atoms with van der Waals surface area (Å²) in [5, 5.41) is 9.76. The number of hydrogen-bond donors (Lipinski definition) is 2. The van der Waals surface area contributed by atoms with Crippen LogP contribution < -0.4 is 15.2 Å². The zero-order chi connectivity index (χ0) is 31.8. The number of nitrogens with two attached hydrogens (primary N) is 1. The molecule has 0 aliphatic rings. The van der Waals surface area contributed by atoms with Gasteiger partial charge in [-0.05, 0) is 84.4 Å². The predicted octanol–water partition coefficient (Wildman–Crippen LogP) is 6.21. The zero-order valence-corrected chi connectivity index (χ0v) is 26.0. The highest BCUT2D eigenvalue weighted by Crippen LogP contribution is 2.37. The second-order valence-electron chi connectivity index (χ2n) is 12.0. The number of benzene rings is 1. The topological polar surface area (TPSA) is 161 Å². The van der Waals surface area contributed by atoms with Crippen LogP contribution in [-0.4, -0.2) is 53.2 Å². The molecule has 0 heterocycles. The fraction of sp³-hybridized carbons (Fsp3) is 0.667. The molecule has 41 heavy (non-hydrogen) atoms. The zero-order valence-electron chi connectivity index (χ0n) is 26.0. The first-order valence-corrected chi connectivity index (χ1v) is 13.9. The van der Waals surface area contributed by atoms with E-state index in [4.69, 9.17) is 29.4 Å². The SMILES string of the molecule is CCC(C)(C)OC(=O)Oc1ccc(C(C(C)COC(=O)C(C)(C)CC)[C@H](N)C(=O)O)cc1OC(=O)OC(C)(C)CC. The number of rotatable bonds is 14. The van der Waals surface area contributed by atoms with Gasteiger partial charge in [-0.3, -0.25) is 9.59 Å². The molecule has 0 amide bonds. The normalized spacial score (nSPS) is 14.3. The first-order chi connectivity index (χ1) is 18.8. The van der Waals surface area contributed by atoms with Gasteiger partial charge in [0, 0.05) is 5.92 Å². The predicted molar refractivity (Wildman–Crippen MR) is 152 cm³/mol. The number of aliphatic carboxylic acids is 1. The van der Waals surface area contributed by atoms with E-state index in [1.165, 1.54) is 18.2 Å². The van der Waals surface area contributed by atoms with Crippen molar-refractivity contribution in [2.24, 2.45) is 17.1 Å². The number of carbonyl (C=O) groups is 4. The van der Waals surface area contributed by atoms with Crippen LogP contribution in [0.15, 0.2) is 18.2 Å². The molecule has 0 fully saturated rings. The lowest BCUT2D eigenvalue weighted by atomic mass is 9.81. The van der Waals surface area contributed by atoms with Gasteiger partial charge in [-0.15, -0.1) is 0 Å². The van der Waals surface area contributed by atoms with E-state index < -0.39 is 58.7 Å². The number of hydrogen-bond acceptors (Lipinski definition) is 10. The standard InChI is InChI=1S/C30H47NO10/c1-11-28(5,6)25(34)37-17-18(4)22(23(31)24(32)33)19-14-15-20(38-26(35)40-29(7,8)12-2)21(16-19)39-27(36)41-30(9,10)13-3/h14-16,18,22-23H,11-13,17,31H2,1-10H3,(H,32,33)/t18?,22?,23-/m0/s1. The lowest BCUT2D eigenvalue weighted by Crippen LogP contribution is -2.41. The van der Waals surface area contributed by atoms with Crippen LogP contribution in [0, 0.1) is 11.3 Å². The van der Waals surface area contributed by atoms with E-state index in [1.807, 2.05) is 20.8 Å². The van der Waals surface area contributed by atoms with Crippen molar-refractivity contribution in [1.29, 1.82) is 0 Å². The minimum Gasteiger partial charge on any atom is -0.480 e. The summed E-state index contributed by atoms with van der Waals surface area (Å²) in [5.41, 5.74) is 4.09. The Morgan fingerprint density at radius 2 is 1.32 bits per heavy atom. The number of carboxylic acid groups (broad SMARTS) is 1. The minimum atomic E-state index is -1.40. The molecule has 0 spiro atoms. The molecule has 11 heteroatoms. The van der Waals surface area contributed by atoms with E-state index in [2.05, 4.69) is 0 Å². The van der Waals surface area contributed by atoms with Gasteiger partial charge in [0.25, 0.3) is 0 Å². The van der Waals surface area contributed by atoms with Crippen molar-refractivity contribution < 1.29 is 48.0 Å². The summed E-state index contributed by atoms with van der Waals surface area (Å²) in [7, 11) is 0. The smallest absolute Gasteiger partial charge is 0.480 e. The molecule has 0 bridgehead atoms. The Morgan fingerprint density at radius 1 is 0.829 bits per heavy atom. The molecule has 0 saturated heterocycles. The van der Waals surface area contributed by atoms with E-state index in [-0.39, 0.29) is 18.1 Å². The maximum Gasteiger partial charge on any atom is 0.514 e. The van der Waals surface area contributed by atoms with Gasteiger partial charge < -0.3 is 34.5 Å². The van der Waals surface area contributed by atoms with Gasteiger partial charge in [-0.25, -0.2) is 9.59 Å². The van der Waals surface area contributed by atoms with Gasteiger partial charge in [-0.1, -0.05) is 33.8 Å². The molecular weight excluding hydrogens is 534 g/mol. The van der Waals surface area contributed by atoms with E-state index in [9.17, 15) is 24.3 Å². The lowest BCUT2D eigenvalue weighted by Gasteiger charge is -2.29. The molecule has 1 rings (SSSR count). The quantitative estimate of drug-likeness (QED) is 0.146. The number of carboxylic acids is 1. The Kier molecular flexibility index (Phi) is 12.6. The third-order valence-corrected chi connectivity index (χ3v) is 7.36. The third kappa shape index (κ3) is 10.9. The van der Waals surface area contributed by atoms with Crippen LogP contribution in [0.5, 0.6) is 11.5 Å². The molecule has 0 saturated carbocycles. The maximum atomic E-state index is 12.7. The molecule has 0 aromatic heterocycles. The van der Waals surface area contributed by atoms with Gasteiger partial charge >= 0.3 is 24.2 Å². The average molecular weight is 582 g/mol. The second kappa shape index (κ2) is 14.5. The summed E-state index contributed by atoms with van der Waals surface area (Å²) in [6, 6.07) is 2.81. The van der Waals surface area contributed by atoms with Crippen molar-refractivity contribution in [3.63, 3.8) is 0 Å². The van der Waals surface area contributed by atoms with Gasteiger partial charge in [-0.2, -0.15) is 0 Å². The molecule has 232 valence electrons. The van der Waals surface area contributed by atoms with Crippen molar-refractivity contribution >= 4 is 24.2 Å². The van der Waals surface area contributed by atoms with Crippen LogP contribution in [0.25, 0.3) is 0 Å². The van der Waals surface area contributed by atoms with Crippen LogP contribution in [0.1, 0.15) is 100.0 Å². The lowest BCUT2D eigenvalue weighted by molar-refractivity contribution is -0.155. The highest BCUT2D eigenvalue weighted by molar-refractivity contribution is 5.76. The summed E-state index contributed by atoms with van der Waals surface area (Å²) in [4.78, 5) is 49.7. The number of ether oxygens (including phenoxy) is 5. The Balaban J connectivity index is 3.48. The van der Waals surface area contributed by atoms with Crippen molar-refractivity contribution in [3.05, 3.63) is 23.8 Å². The molecular formula is C30H47NO10. The Morgan fingerprint density at radius 3 is 1.76 bits per heavy atom. The summed E-state index contributed by atoms with van der Waals surface area (Å²) < 4.78 is 27.0. The van der Waals surface area contributed by atoms with Crippen LogP contribution in [-0.2, 0) is 23.8 Å². The van der Waals surface area contributed by atoms with E-state index >= 15 is 0 Å². The van der Waals surface area contributed by atoms with Crippen LogP contribution >= 0.6 is 0 Å². The van der Waals surface area contributed by atoms with Gasteiger partial charge in [0.15, 0.2) is 11.5 Å². The monoisotopic (exact) mass is 581 g/mol. The van der Waals surface area contributed by atoms with Gasteiger partial charge in [0.05, 0.1) is 12.0 Å². The van der Waals surface area contributed by atoms with Crippen molar-refractivity contribution in [1.82, 2.24) is 0 Å². The van der Waals surface area contributed by atoms with E-state index in [0.717, 1.165) is 0 Å². The average Bonchev–Trinajstić information content (AvgIpc) is 2.87. The molecule has 1 aromatic rings. The Bertz CT molecular complexity index is 1080. The third-order valence-electron chi connectivity index (χ3n) is 7.36. The number of carbonyl (C=O) groups excluding carboxylic acids is 3. The molecule has 2 unspecified atom stereocenters. The first-order valence-electron chi connectivity index (χ1n) is 13.9. The molecule has 3 N–H and O–H groups in total. The maximum absolute atomic E-state index is 12.7. The van der Waals surface area contributed by atoms with Gasteiger partial charge in [0.2, 0.25) is 0 Å². The minimum absolute atomic E-state index is 0.104. The Labute approximate surface area is 243 Å². The van der Waals surface area contributed by atoms with E-state index in [1.54, 1.807) is 48.5 Å². The van der Waals surface area contributed by atoms with Crippen LogP contribution in [0.2, 0.25) is 0 Å². The van der Waals surface area contributed by atoms with Crippen molar-refractivity contribution in [3.8, 4) is 11.5 Å². The first kappa shape index (κ1) is 35.7. The molecule has 0 aliphatic carbocycles. The Hall–Kier alpha value is -3.34. The fourth-order valence-electron chi connectivity index (χ4n) is 3.41. The summed E-state index contributed by atoms with van der Waals surface area (Å²) in [5.74, 6) is -3.49. The molecule has 3 atom stereocenters. The highest BCUT2D eigenvalue weighted by Gasteiger charge is 2.35. The van der Waals surface area contributed by atoms with Crippen LogP contribution in [0.4, 0.5) is 9.59 Å². The summed E-state index contributed by atoms with van der Waals surface area (Å²) >= 11 is 0. The summed E-state index contributed by atoms with van der Waals surface area (Å²) in [6.07, 6.45) is -0.484. The van der Waals surface area contributed by atoms with Crippen molar-refractivity contribution in [2.75, 3.05) is 6.61 Å². The largest absolute Gasteiger partial charge is 0.514 e. The molecule has 0 radical (unpaired) electrons. The summed E-state index contributed by atoms with van der Waals surface area (Å²) in [6.45, 7) is 17.5. The van der Waals surface area contributed by atoms with Crippen molar-refractivity contribution in [2.45, 2.75) is 112 Å².